The van der Waals surface area contributed by atoms with Crippen LogP contribution in [0.2, 0.25) is 5.02 Å². The molecule has 1 fully saturated rings. The number of hydrogen-bond acceptors (Lipinski definition) is 8. The Labute approximate surface area is 255 Å². The number of rotatable bonds is 9. The molecular weight excluding hydrogens is 591 g/mol. The van der Waals surface area contributed by atoms with Gasteiger partial charge < -0.3 is 14.4 Å². The number of thiazole rings is 1. The fraction of sp³-hybridized carbons (Fsp3) is 0.258. The molecule has 0 radical (unpaired) electrons. The molecule has 216 valence electrons. The maximum absolute atomic E-state index is 14.2. The second-order valence-corrected chi connectivity index (χ2v) is 12.0. The number of piperidine rings is 1. The van der Waals surface area contributed by atoms with Gasteiger partial charge in [-0.25, -0.2) is 19.2 Å². The van der Waals surface area contributed by atoms with E-state index >= 15 is 0 Å². The first-order valence-electron chi connectivity index (χ1n) is 13.6. The predicted octanol–water partition coefficient (Wildman–Crippen LogP) is 5.18. The Hall–Kier alpha value is -4.37. The molecule has 2 atom stereocenters. The van der Waals surface area contributed by atoms with Crippen molar-refractivity contribution in [1.29, 1.82) is 0 Å². The van der Waals surface area contributed by atoms with Crippen molar-refractivity contribution in [3.05, 3.63) is 98.9 Å². The van der Waals surface area contributed by atoms with Crippen molar-refractivity contribution in [2.45, 2.75) is 31.5 Å². The monoisotopic (exact) mass is 614 g/mol. The maximum Gasteiger partial charge on any atom is 0.335 e. The van der Waals surface area contributed by atoms with E-state index in [-0.39, 0.29) is 18.1 Å². The molecule has 12 heteroatoms. The molecule has 0 unspecified atom stereocenters. The van der Waals surface area contributed by atoms with E-state index in [1.54, 1.807) is 59.4 Å². The first-order valence-corrected chi connectivity index (χ1v) is 14.9. The van der Waals surface area contributed by atoms with Gasteiger partial charge in [-0.05, 0) is 36.8 Å². The highest BCUT2D eigenvalue weighted by atomic mass is 35.5. The standard InChI is InChI=1S/C31H24ClFN6O3S/c32-22-3-1-20(24(33)12-22)17-42-28-6-9-35-30(37-28)31-7-5-21(31)14-38(10-8-31)16-27-36-25-4-2-19(29(40)41)11-26(25)39(27)15-23-13-34-18-43-23/h1-4,6,9,11-13,18,21H,8,10,14-17H2,(H,40,41)/t21-,31-/m0/s1. The number of benzene rings is 2. The molecule has 0 bridgehead atoms. The molecule has 1 N–H and O–H groups in total. The molecule has 2 aliphatic rings. The molecular formula is C31H24ClFN6O3S. The molecule has 1 aliphatic carbocycles. The summed E-state index contributed by atoms with van der Waals surface area (Å²) in [6.07, 6.45) is 4.21. The minimum atomic E-state index is -0.973. The number of carboxylic acid groups (broad SMARTS) is 1. The lowest BCUT2D eigenvalue weighted by Crippen LogP contribution is -2.53. The third kappa shape index (κ3) is 5.22. The minimum absolute atomic E-state index is 0.0197. The molecule has 1 aliphatic heterocycles. The van der Waals surface area contributed by atoms with Gasteiger partial charge in [-0.3, -0.25) is 9.88 Å². The number of halogens is 2. The van der Waals surface area contributed by atoms with Gasteiger partial charge in [-0.1, -0.05) is 29.5 Å². The van der Waals surface area contributed by atoms with Gasteiger partial charge in [0.1, 0.15) is 23.7 Å². The highest BCUT2D eigenvalue weighted by molar-refractivity contribution is 7.09. The Kier molecular flexibility index (Phi) is 7.05. The van der Waals surface area contributed by atoms with Gasteiger partial charge >= 0.3 is 5.97 Å². The number of likely N-dealkylation sites (tertiary alicyclic amines) is 1. The van der Waals surface area contributed by atoms with Gasteiger partial charge in [0.05, 0.1) is 41.1 Å². The zero-order valence-electron chi connectivity index (χ0n) is 22.7. The fourth-order valence-electron chi connectivity index (χ4n) is 5.64. The maximum atomic E-state index is 14.2. The minimum Gasteiger partial charge on any atom is -0.478 e. The summed E-state index contributed by atoms with van der Waals surface area (Å²) in [5.74, 6) is 7.12. The number of nitrogens with zero attached hydrogens (tertiary/aromatic N) is 6. The number of aromatic carboxylic acids is 1. The second-order valence-electron chi connectivity index (χ2n) is 10.6. The van der Waals surface area contributed by atoms with Gasteiger partial charge in [0, 0.05) is 47.0 Å². The van der Waals surface area contributed by atoms with Crippen LogP contribution in [0, 0.1) is 23.6 Å². The van der Waals surface area contributed by atoms with Crippen molar-refractivity contribution in [3.63, 3.8) is 0 Å². The molecule has 1 saturated heterocycles. The summed E-state index contributed by atoms with van der Waals surface area (Å²) in [4.78, 5) is 33.4. The Morgan fingerprint density at radius 2 is 2.12 bits per heavy atom. The van der Waals surface area contributed by atoms with Crippen LogP contribution in [0.1, 0.15) is 38.9 Å². The highest BCUT2D eigenvalue weighted by Crippen LogP contribution is 2.43. The van der Waals surface area contributed by atoms with E-state index in [0.29, 0.717) is 41.9 Å². The summed E-state index contributed by atoms with van der Waals surface area (Å²) in [5, 5.41) is 9.89. The summed E-state index contributed by atoms with van der Waals surface area (Å²) >= 11 is 7.41. The summed E-state index contributed by atoms with van der Waals surface area (Å²) in [6, 6.07) is 11.2. The van der Waals surface area contributed by atoms with Crippen LogP contribution in [0.5, 0.6) is 5.88 Å². The Morgan fingerprint density at radius 3 is 2.86 bits per heavy atom. The lowest BCUT2D eigenvalue weighted by Gasteiger charge is -2.45. The molecule has 3 aromatic heterocycles. The van der Waals surface area contributed by atoms with E-state index in [0.717, 1.165) is 34.7 Å². The van der Waals surface area contributed by atoms with Crippen molar-refractivity contribution < 1.29 is 19.0 Å². The van der Waals surface area contributed by atoms with Gasteiger partial charge in [-0.15, -0.1) is 11.3 Å². The van der Waals surface area contributed by atoms with Crippen LogP contribution >= 0.6 is 22.9 Å². The molecule has 5 aromatic rings. The zero-order valence-corrected chi connectivity index (χ0v) is 24.3. The van der Waals surface area contributed by atoms with E-state index < -0.39 is 17.2 Å². The van der Waals surface area contributed by atoms with Crippen LogP contribution < -0.4 is 4.74 Å². The van der Waals surface area contributed by atoms with Gasteiger partial charge in [0.2, 0.25) is 5.88 Å². The normalized spacial score (nSPS) is 19.3. The van der Waals surface area contributed by atoms with E-state index in [1.165, 1.54) is 6.07 Å². The third-order valence-corrected chi connectivity index (χ3v) is 8.98. The number of ether oxygens (including phenoxy) is 1. The van der Waals surface area contributed by atoms with Crippen molar-refractivity contribution >= 4 is 39.9 Å². The average molecular weight is 615 g/mol. The van der Waals surface area contributed by atoms with Crippen LogP contribution in [-0.2, 0) is 25.1 Å². The molecule has 0 saturated carbocycles. The van der Waals surface area contributed by atoms with Crippen LogP contribution in [-0.4, -0.2) is 53.6 Å². The van der Waals surface area contributed by atoms with Crippen LogP contribution in [0.25, 0.3) is 11.0 Å². The van der Waals surface area contributed by atoms with Gasteiger partial charge in [0.15, 0.2) is 5.82 Å². The lowest BCUT2D eigenvalue weighted by atomic mass is 9.64. The molecule has 7 rings (SSSR count). The van der Waals surface area contributed by atoms with Crippen molar-refractivity contribution in [2.75, 3.05) is 13.1 Å². The number of aromatic nitrogens is 5. The van der Waals surface area contributed by atoms with Crippen molar-refractivity contribution in [1.82, 2.24) is 29.4 Å². The molecule has 43 heavy (non-hydrogen) atoms. The highest BCUT2D eigenvalue weighted by Gasteiger charge is 2.49. The average Bonchev–Trinajstić information content (AvgIpc) is 3.62. The lowest BCUT2D eigenvalue weighted by molar-refractivity contribution is 0.0697. The number of carbonyl (C=O) groups is 1. The van der Waals surface area contributed by atoms with Gasteiger partial charge in [0.25, 0.3) is 0 Å². The first-order chi connectivity index (χ1) is 20.9. The SMILES string of the molecule is O=C(O)c1ccc2nc(CN3CC[C@@]4(c5nccc(OCc6ccc(Cl)cc6F)n5)C#C[C@H]4C3)n(Cc3cncs3)c2c1. The summed E-state index contributed by atoms with van der Waals surface area (Å²) in [6.45, 7) is 2.62. The predicted molar refractivity (Wildman–Crippen MR) is 159 cm³/mol. The topological polar surface area (TPSA) is 106 Å². The zero-order chi connectivity index (χ0) is 29.6. The second kappa shape index (κ2) is 11.0. The fourth-order valence-corrected chi connectivity index (χ4v) is 6.39. The number of imidazole rings is 1. The summed E-state index contributed by atoms with van der Waals surface area (Å²) in [7, 11) is 0. The van der Waals surface area contributed by atoms with Gasteiger partial charge in [-0.2, -0.15) is 4.98 Å². The number of fused-ring (bicyclic) bond motifs is 2. The van der Waals surface area contributed by atoms with E-state index in [9.17, 15) is 14.3 Å². The molecule has 2 aromatic carbocycles. The van der Waals surface area contributed by atoms with E-state index in [4.69, 9.17) is 21.3 Å². The quantitative estimate of drug-likeness (QED) is 0.227. The van der Waals surface area contributed by atoms with E-state index in [1.807, 2.05) is 6.20 Å². The molecule has 0 amide bonds. The molecule has 0 spiro atoms. The summed E-state index contributed by atoms with van der Waals surface area (Å²) < 4.78 is 22.1. The molecule has 9 nitrogen and oxygen atoms in total. The molecule has 4 heterocycles. The largest absolute Gasteiger partial charge is 0.478 e. The van der Waals surface area contributed by atoms with Crippen LogP contribution in [0.15, 0.2) is 60.4 Å². The number of hydrogen-bond donors (Lipinski definition) is 1. The Bertz CT molecular complexity index is 1920. The van der Waals surface area contributed by atoms with E-state index in [2.05, 4.69) is 36.3 Å². The third-order valence-electron chi connectivity index (χ3n) is 7.98. The number of carboxylic acids is 1. The van der Waals surface area contributed by atoms with Crippen LogP contribution in [0.3, 0.4) is 0 Å². The van der Waals surface area contributed by atoms with Crippen molar-refractivity contribution in [3.8, 4) is 17.7 Å². The smallest absolute Gasteiger partial charge is 0.335 e. The van der Waals surface area contributed by atoms with Crippen LogP contribution in [0.4, 0.5) is 4.39 Å². The Balaban J connectivity index is 1.09. The summed E-state index contributed by atoms with van der Waals surface area (Å²) in [5.41, 5.74) is 3.46. The Morgan fingerprint density at radius 1 is 1.21 bits per heavy atom. The first kappa shape index (κ1) is 27.5. The van der Waals surface area contributed by atoms with Crippen molar-refractivity contribution in [2.24, 2.45) is 5.92 Å².